The Labute approximate surface area is 112 Å². The number of nitrogens with zero attached hydrogens (tertiary/aromatic N) is 2. The Balaban J connectivity index is 1.95. The molecule has 4 nitrogen and oxygen atoms in total. The van der Waals surface area contributed by atoms with E-state index in [2.05, 4.69) is 28.4 Å². The lowest BCUT2D eigenvalue weighted by Gasteiger charge is -2.07. The van der Waals surface area contributed by atoms with Crippen molar-refractivity contribution in [1.82, 2.24) is 14.5 Å². The van der Waals surface area contributed by atoms with Crippen LogP contribution < -0.4 is 0 Å². The van der Waals surface area contributed by atoms with Crippen molar-refractivity contribution in [2.24, 2.45) is 5.92 Å². The smallest absolute Gasteiger partial charge is 0.178 e. The molecule has 0 unspecified atom stereocenters. The van der Waals surface area contributed by atoms with Crippen molar-refractivity contribution in [3.05, 3.63) is 23.2 Å². The third-order valence-electron chi connectivity index (χ3n) is 2.87. The third-order valence-corrected chi connectivity index (χ3v) is 3.20. The number of H-pyrrole nitrogens is 1. The fourth-order valence-electron chi connectivity index (χ4n) is 1.81. The summed E-state index contributed by atoms with van der Waals surface area (Å²) < 4.78 is 8.41. The summed E-state index contributed by atoms with van der Waals surface area (Å²) in [5, 5.41) is 0. The second kappa shape index (κ2) is 6.11. The maximum Gasteiger partial charge on any atom is 0.178 e. The third kappa shape index (κ3) is 3.17. The lowest BCUT2D eigenvalue weighted by Crippen LogP contribution is -2.08. The van der Waals surface area contributed by atoms with E-state index in [4.69, 9.17) is 17.0 Å². The summed E-state index contributed by atoms with van der Waals surface area (Å²) in [4.78, 5) is 7.22. The number of nitrogens with one attached hydrogen (secondary N) is 1. The van der Waals surface area contributed by atoms with Crippen LogP contribution in [0.5, 0.6) is 0 Å². The maximum absolute atomic E-state index is 5.63. The first kappa shape index (κ1) is 13.2. The summed E-state index contributed by atoms with van der Waals surface area (Å²) in [6.07, 6.45) is 4.67. The van der Waals surface area contributed by atoms with Crippen molar-refractivity contribution < 1.29 is 4.74 Å². The van der Waals surface area contributed by atoms with Crippen LogP contribution in [0, 0.1) is 10.7 Å². The molecule has 0 aliphatic rings. The number of aromatic amines is 1. The minimum atomic E-state index is 0.686. The molecule has 0 spiro atoms. The second-order valence-electron chi connectivity index (χ2n) is 4.77. The summed E-state index contributed by atoms with van der Waals surface area (Å²) in [6.45, 7) is 6.68. The summed E-state index contributed by atoms with van der Waals surface area (Å²) in [6, 6.07) is 1.97. The van der Waals surface area contributed by atoms with Crippen LogP contribution in [0.2, 0.25) is 0 Å². The first-order chi connectivity index (χ1) is 8.68. The highest BCUT2D eigenvalue weighted by atomic mass is 32.1. The quantitative estimate of drug-likeness (QED) is 0.644. The second-order valence-corrected chi connectivity index (χ2v) is 5.16. The number of ether oxygens (including phenoxy) is 1. The molecule has 18 heavy (non-hydrogen) atoms. The van der Waals surface area contributed by atoms with E-state index in [0.29, 0.717) is 12.5 Å². The van der Waals surface area contributed by atoms with Crippen LogP contribution >= 0.6 is 12.2 Å². The summed E-state index contributed by atoms with van der Waals surface area (Å²) in [7, 11) is 0. The van der Waals surface area contributed by atoms with Gasteiger partial charge in [0.05, 0.1) is 23.8 Å². The van der Waals surface area contributed by atoms with Crippen LogP contribution in [0.1, 0.15) is 20.3 Å². The molecule has 5 heteroatoms. The number of rotatable bonds is 6. The molecule has 0 radical (unpaired) electrons. The minimum Gasteiger partial charge on any atom is -0.380 e. The highest BCUT2D eigenvalue weighted by molar-refractivity contribution is 7.71. The predicted molar refractivity (Wildman–Crippen MR) is 75.2 cm³/mol. The average Bonchev–Trinajstić information content (AvgIpc) is 2.65. The van der Waals surface area contributed by atoms with Gasteiger partial charge in [0.1, 0.15) is 0 Å². The predicted octanol–water partition coefficient (Wildman–Crippen LogP) is 3.16. The molecule has 0 aliphatic carbocycles. The monoisotopic (exact) mass is 265 g/mol. The molecule has 0 bridgehead atoms. The van der Waals surface area contributed by atoms with E-state index in [1.54, 1.807) is 12.4 Å². The van der Waals surface area contributed by atoms with Crippen LogP contribution in [0.3, 0.4) is 0 Å². The van der Waals surface area contributed by atoms with Gasteiger partial charge >= 0.3 is 0 Å². The van der Waals surface area contributed by atoms with Crippen molar-refractivity contribution >= 4 is 23.3 Å². The van der Waals surface area contributed by atoms with E-state index in [9.17, 15) is 0 Å². The first-order valence-electron chi connectivity index (χ1n) is 6.28. The standard InChI is InChI=1S/C13H19N3OS/c1-10(2)4-7-17-8-6-16-12-3-5-14-9-11(12)15-13(16)18/h3,5,9-10H,4,6-8H2,1-2H3,(H,15,18). The Kier molecular flexibility index (Phi) is 4.49. The summed E-state index contributed by atoms with van der Waals surface area (Å²) >= 11 is 5.30. The van der Waals surface area contributed by atoms with Gasteiger partial charge < -0.3 is 14.3 Å². The van der Waals surface area contributed by atoms with Gasteiger partial charge in [-0.2, -0.15) is 0 Å². The Morgan fingerprint density at radius 1 is 1.44 bits per heavy atom. The molecule has 0 atom stereocenters. The number of imidazole rings is 1. The number of aromatic nitrogens is 3. The van der Waals surface area contributed by atoms with Gasteiger partial charge in [-0.05, 0) is 30.6 Å². The van der Waals surface area contributed by atoms with Crippen LogP contribution in [0.4, 0.5) is 0 Å². The van der Waals surface area contributed by atoms with Gasteiger partial charge in [0.25, 0.3) is 0 Å². The Morgan fingerprint density at radius 2 is 2.28 bits per heavy atom. The van der Waals surface area contributed by atoms with E-state index in [0.717, 1.165) is 35.4 Å². The van der Waals surface area contributed by atoms with Crippen molar-refractivity contribution in [1.29, 1.82) is 0 Å². The van der Waals surface area contributed by atoms with E-state index >= 15 is 0 Å². The van der Waals surface area contributed by atoms with E-state index < -0.39 is 0 Å². The van der Waals surface area contributed by atoms with Crippen molar-refractivity contribution in [2.75, 3.05) is 13.2 Å². The molecule has 0 saturated carbocycles. The molecule has 2 rings (SSSR count). The SMILES string of the molecule is CC(C)CCOCCn1c(=S)[nH]c2cnccc21. The molecule has 2 heterocycles. The molecule has 2 aromatic heterocycles. The molecule has 0 aliphatic heterocycles. The zero-order chi connectivity index (χ0) is 13.0. The van der Waals surface area contributed by atoms with Crippen molar-refractivity contribution in [3.8, 4) is 0 Å². The summed E-state index contributed by atoms with van der Waals surface area (Å²) in [5.74, 6) is 0.686. The zero-order valence-corrected chi connectivity index (χ0v) is 11.7. The van der Waals surface area contributed by atoms with Gasteiger partial charge in [0.2, 0.25) is 0 Å². The normalized spacial score (nSPS) is 11.5. The Hall–Kier alpha value is -1.20. The number of hydrogen-bond acceptors (Lipinski definition) is 3. The maximum atomic E-state index is 5.63. The fraction of sp³-hybridized carbons (Fsp3) is 0.538. The topological polar surface area (TPSA) is 42.8 Å². The molecule has 0 fully saturated rings. The highest BCUT2D eigenvalue weighted by Crippen LogP contribution is 2.11. The highest BCUT2D eigenvalue weighted by Gasteiger charge is 2.03. The Bertz CT molecular complexity index is 559. The van der Waals surface area contributed by atoms with Crippen LogP contribution in [-0.2, 0) is 11.3 Å². The van der Waals surface area contributed by atoms with Gasteiger partial charge in [0, 0.05) is 19.3 Å². The van der Waals surface area contributed by atoms with Crippen LogP contribution in [-0.4, -0.2) is 27.7 Å². The molecule has 0 saturated heterocycles. The number of fused-ring (bicyclic) bond motifs is 1. The zero-order valence-electron chi connectivity index (χ0n) is 10.8. The Morgan fingerprint density at radius 3 is 3.06 bits per heavy atom. The van der Waals surface area contributed by atoms with E-state index in [1.807, 2.05) is 6.07 Å². The lowest BCUT2D eigenvalue weighted by atomic mass is 10.1. The van der Waals surface area contributed by atoms with E-state index in [-0.39, 0.29) is 0 Å². The van der Waals surface area contributed by atoms with Gasteiger partial charge in [-0.1, -0.05) is 13.8 Å². The van der Waals surface area contributed by atoms with Gasteiger partial charge in [-0.25, -0.2) is 0 Å². The fourth-order valence-corrected chi connectivity index (χ4v) is 2.11. The first-order valence-corrected chi connectivity index (χ1v) is 6.69. The molecular weight excluding hydrogens is 246 g/mol. The molecule has 0 aromatic carbocycles. The van der Waals surface area contributed by atoms with Gasteiger partial charge in [0.15, 0.2) is 4.77 Å². The van der Waals surface area contributed by atoms with Crippen LogP contribution in [0.15, 0.2) is 18.5 Å². The number of hydrogen-bond donors (Lipinski definition) is 1. The van der Waals surface area contributed by atoms with Gasteiger partial charge in [-0.15, -0.1) is 0 Å². The lowest BCUT2D eigenvalue weighted by molar-refractivity contribution is 0.116. The molecular formula is C13H19N3OS. The summed E-state index contributed by atoms with van der Waals surface area (Å²) in [5.41, 5.74) is 2.06. The largest absolute Gasteiger partial charge is 0.380 e. The van der Waals surface area contributed by atoms with Crippen molar-refractivity contribution in [3.63, 3.8) is 0 Å². The van der Waals surface area contributed by atoms with Crippen LogP contribution in [0.25, 0.3) is 11.0 Å². The van der Waals surface area contributed by atoms with Crippen molar-refractivity contribution in [2.45, 2.75) is 26.8 Å². The molecule has 98 valence electrons. The molecule has 1 N–H and O–H groups in total. The van der Waals surface area contributed by atoms with E-state index in [1.165, 1.54) is 0 Å². The molecule has 0 amide bonds. The number of pyridine rings is 1. The average molecular weight is 265 g/mol. The molecule has 2 aromatic rings. The minimum absolute atomic E-state index is 0.686. The van der Waals surface area contributed by atoms with Gasteiger partial charge in [-0.3, -0.25) is 4.98 Å².